The van der Waals surface area contributed by atoms with Crippen LogP contribution in [-0.2, 0) is 44.2 Å². The number of aromatic nitrogens is 2. The van der Waals surface area contributed by atoms with Gasteiger partial charge in [0, 0.05) is 16.5 Å². The van der Waals surface area contributed by atoms with Gasteiger partial charge in [-0.3, -0.25) is 9.59 Å². The minimum atomic E-state index is -1.68. The van der Waals surface area contributed by atoms with E-state index in [9.17, 15) is 19.5 Å². The summed E-state index contributed by atoms with van der Waals surface area (Å²) in [5.74, 6) is -1.22. The van der Waals surface area contributed by atoms with Crippen molar-refractivity contribution in [3.8, 4) is 17.1 Å². The Bertz CT molecular complexity index is 1550. The number of cyclic esters (lactones) is 1. The quantitative estimate of drug-likeness (QED) is 0.411. The topological polar surface area (TPSA) is 111 Å². The predicted octanol–water partition coefficient (Wildman–Crippen LogP) is 3.24. The Morgan fingerprint density at radius 3 is 2.66 bits per heavy atom. The summed E-state index contributed by atoms with van der Waals surface area (Å²) in [6.45, 7) is 5.53. The highest BCUT2D eigenvalue weighted by Crippen LogP contribution is 2.43. The number of aromatic hydroxyl groups is 1. The lowest BCUT2D eigenvalue weighted by molar-refractivity contribution is -0.192. The Hall–Kier alpha value is -3.72. The van der Waals surface area contributed by atoms with Crippen molar-refractivity contribution in [3.63, 3.8) is 0 Å². The van der Waals surface area contributed by atoms with Crippen molar-refractivity contribution in [2.24, 2.45) is 5.92 Å². The molecule has 1 unspecified atom stereocenters. The number of pyridine rings is 2. The Kier molecular flexibility index (Phi) is 5.79. The van der Waals surface area contributed by atoms with Crippen LogP contribution < -0.4 is 5.56 Å². The number of fused-ring (bicyclic) bond motifs is 5. The smallest absolute Gasteiger partial charge is 0.355 e. The van der Waals surface area contributed by atoms with E-state index in [-0.39, 0.29) is 30.3 Å². The average Bonchev–Trinajstić information content (AvgIpc) is 3.28. The van der Waals surface area contributed by atoms with Gasteiger partial charge in [-0.2, -0.15) is 0 Å². The van der Waals surface area contributed by atoms with Gasteiger partial charge in [0.05, 0.1) is 34.9 Å². The number of benzene rings is 1. The lowest BCUT2D eigenvalue weighted by atomic mass is 9.85. The van der Waals surface area contributed by atoms with Gasteiger partial charge in [-0.15, -0.1) is 0 Å². The van der Waals surface area contributed by atoms with Gasteiger partial charge in [-0.25, -0.2) is 9.78 Å². The zero-order valence-electron chi connectivity index (χ0n) is 21.9. The second-order valence-electron chi connectivity index (χ2n) is 10.5. The number of piperidine rings is 1. The van der Waals surface area contributed by atoms with Crippen LogP contribution in [0.2, 0.25) is 0 Å². The first kappa shape index (κ1) is 24.6. The van der Waals surface area contributed by atoms with Crippen molar-refractivity contribution >= 4 is 22.8 Å². The Balaban J connectivity index is 1.50. The molecule has 9 heteroatoms. The van der Waals surface area contributed by atoms with E-state index in [1.165, 1.54) is 0 Å². The molecule has 2 aromatic heterocycles. The fourth-order valence-corrected chi connectivity index (χ4v) is 6.21. The monoisotopic (exact) mass is 517 g/mol. The number of ether oxygens (including phenoxy) is 2. The van der Waals surface area contributed by atoms with Crippen molar-refractivity contribution in [1.29, 1.82) is 0 Å². The molecule has 3 aliphatic rings. The molecule has 0 spiro atoms. The van der Waals surface area contributed by atoms with Crippen LogP contribution in [0.25, 0.3) is 22.3 Å². The zero-order chi connectivity index (χ0) is 26.8. The lowest BCUT2D eigenvalue weighted by Gasteiger charge is -2.37. The van der Waals surface area contributed by atoms with Gasteiger partial charge < -0.3 is 24.0 Å². The average molecular weight is 518 g/mol. The minimum Gasteiger partial charge on any atom is -0.508 e. The fourth-order valence-electron chi connectivity index (χ4n) is 6.21. The maximum atomic E-state index is 13.8. The molecule has 0 bridgehead atoms. The van der Waals surface area contributed by atoms with Crippen LogP contribution in [0.3, 0.4) is 0 Å². The number of hydrogen-bond acceptors (Lipinski definition) is 8. The van der Waals surface area contributed by atoms with Crippen LogP contribution in [0.1, 0.15) is 55.4 Å². The first-order valence-corrected chi connectivity index (χ1v) is 13.3. The van der Waals surface area contributed by atoms with E-state index in [2.05, 4.69) is 4.90 Å². The third-order valence-electron chi connectivity index (χ3n) is 8.44. The highest BCUT2D eigenvalue weighted by atomic mass is 16.6. The number of aryl methyl sites for hydroxylation is 1. The van der Waals surface area contributed by atoms with Gasteiger partial charge >= 0.3 is 11.9 Å². The summed E-state index contributed by atoms with van der Waals surface area (Å²) in [4.78, 5) is 47.4. The van der Waals surface area contributed by atoms with E-state index in [0.29, 0.717) is 53.8 Å². The normalized spacial score (nSPS) is 21.1. The van der Waals surface area contributed by atoms with Crippen molar-refractivity contribution in [3.05, 3.63) is 56.9 Å². The number of nitrogens with zero attached hydrogens (tertiary/aromatic N) is 3. The van der Waals surface area contributed by atoms with Crippen molar-refractivity contribution < 1.29 is 24.2 Å². The Morgan fingerprint density at radius 1 is 1.18 bits per heavy atom. The molecular weight excluding hydrogens is 486 g/mol. The van der Waals surface area contributed by atoms with Crippen LogP contribution in [0.5, 0.6) is 5.75 Å². The van der Waals surface area contributed by atoms with Gasteiger partial charge in [0.1, 0.15) is 12.4 Å². The number of phenolic OH excluding ortho intramolecular Hbond substituents is 1. The number of carbonyl (C=O) groups is 2. The van der Waals surface area contributed by atoms with E-state index in [0.717, 1.165) is 29.6 Å². The van der Waals surface area contributed by atoms with E-state index >= 15 is 0 Å². The molecule has 38 heavy (non-hydrogen) atoms. The van der Waals surface area contributed by atoms with Gasteiger partial charge in [0.15, 0.2) is 0 Å². The first-order chi connectivity index (χ1) is 18.3. The summed E-state index contributed by atoms with van der Waals surface area (Å²) < 4.78 is 13.2. The molecule has 1 atom stereocenters. The summed E-state index contributed by atoms with van der Waals surface area (Å²) >= 11 is 0. The fraction of sp³-hybridized carbons (Fsp3) is 0.448. The molecule has 198 valence electrons. The standard InChI is InChI=1S/C29H31N3O6/c1-4-18-19-12-17(33)6-7-23(19)30-25-20(18)14-32-24(25)13-22-21(26(32)34)15-37-28(36)29(22,5-2)38-27(35)16-8-10-31(3)11-9-16/h6-7,12-13,16,33H,4-5,8-11,14-15H2,1-3H3. The van der Waals surface area contributed by atoms with Gasteiger partial charge in [-0.05, 0) is 75.6 Å². The summed E-state index contributed by atoms with van der Waals surface area (Å²) in [6.07, 6.45) is 2.16. The first-order valence-electron chi connectivity index (χ1n) is 13.3. The molecule has 3 aromatic rings. The minimum absolute atomic E-state index is 0.150. The molecule has 1 aromatic carbocycles. The van der Waals surface area contributed by atoms with Gasteiger partial charge in [-0.1, -0.05) is 13.8 Å². The number of carbonyl (C=O) groups excluding carboxylic acids is 2. The molecule has 0 aliphatic carbocycles. The molecule has 1 N–H and O–H groups in total. The predicted molar refractivity (Wildman–Crippen MR) is 140 cm³/mol. The lowest BCUT2D eigenvalue weighted by Crippen LogP contribution is -2.49. The molecule has 5 heterocycles. The molecule has 0 amide bonds. The Morgan fingerprint density at radius 2 is 1.95 bits per heavy atom. The number of rotatable bonds is 4. The van der Waals surface area contributed by atoms with E-state index in [1.54, 1.807) is 35.8 Å². The molecule has 9 nitrogen and oxygen atoms in total. The van der Waals surface area contributed by atoms with Crippen LogP contribution in [0.4, 0.5) is 0 Å². The summed E-state index contributed by atoms with van der Waals surface area (Å²) in [5, 5.41) is 10.9. The maximum Gasteiger partial charge on any atom is 0.355 e. The molecule has 0 saturated carbocycles. The number of esters is 2. The molecule has 6 rings (SSSR count). The molecule has 1 saturated heterocycles. The maximum absolute atomic E-state index is 13.8. The highest BCUT2D eigenvalue weighted by molar-refractivity contribution is 5.90. The van der Waals surface area contributed by atoms with Gasteiger partial charge in [0.2, 0.25) is 5.60 Å². The van der Waals surface area contributed by atoms with Crippen LogP contribution >= 0.6 is 0 Å². The number of phenols is 1. The largest absolute Gasteiger partial charge is 0.508 e. The van der Waals surface area contributed by atoms with Crippen LogP contribution in [-0.4, -0.2) is 51.6 Å². The third-order valence-corrected chi connectivity index (χ3v) is 8.44. The highest BCUT2D eigenvalue weighted by Gasteiger charge is 2.51. The summed E-state index contributed by atoms with van der Waals surface area (Å²) in [5.41, 5.74) is 2.69. The molecule has 1 fully saturated rings. The summed E-state index contributed by atoms with van der Waals surface area (Å²) in [7, 11) is 2.01. The SMILES string of the molecule is CCc1c2c(nc3ccc(O)cc13)-c1cc3c(c(=O)n1C2)COC(=O)C3(CC)OC(=O)C1CCN(C)CC1. The van der Waals surface area contributed by atoms with E-state index in [1.807, 2.05) is 14.0 Å². The summed E-state index contributed by atoms with van der Waals surface area (Å²) in [6, 6.07) is 6.86. The van der Waals surface area contributed by atoms with Crippen LogP contribution in [0.15, 0.2) is 29.1 Å². The second-order valence-corrected chi connectivity index (χ2v) is 10.5. The molecule has 3 aliphatic heterocycles. The van der Waals surface area contributed by atoms with Gasteiger partial charge in [0.25, 0.3) is 5.56 Å². The van der Waals surface area contributed by atoms with Crippen molar-refractivity contribution in [2.75, 3.05) is 20.1 Å². The van der Waals surface area contributed by atoms with E-state index in [4.69, 9.17) is 14.5 Å². The Labute approximate surface area is 220 Å². The van der Waals surface area contributed by atoms with Crippen LogP contribution in [0, 0.1) is 5.92 Å². The van der Waals surface area contributed by atoms with Crippen molar-refractivity contribution in [2.45, 2.75) is 58.3 Å². The second kappa shape index (κ2) is 8.94. The molecular formula is C29H31N3O6. The third kappa shape index (κ3) is 3.55. The van der Waals surface area contributed by atoms with Crippen molar-refractivity contribution in [1.82, 2.24) is 14.5 Å². The number of likely N-dealkylation sites (tertiary alicyclic amines) is 1. The number of hydrogen-bond donors (Lipinski definition) is 1. The zero-order valence-corrected chi connectivity index (χ0v) is 21.9. The van der Waals surface area contributed by atoms with E-state index < -0.39 is 17.5 Å². The molecule has 0 radical (unpaired) electrons.